The molecule has 32 heavy (non-hydrogen) atoms. The van der Waals surface area contributed by atoms with E-state index in [0.717, 1.165) is 16.9 Å². The van der Waals surface area contributed by atoms with Gasteiger partial charge in [-0.25, -0.2) is 9.37 Å². The highest BCUT2D eigenvalue weighted by Crippen LogP contribution is 2.39. The van der Waals surface area contributed by atoms with E-state index in [-0.39, 0.29) is 18.3 Å². The molecule has 6 nitrogen and oxygen atoms in total. The highest BCUT2D eigenvalue weighted by molar-refractivity contribution is 6.13. The standard InChI is InChI=1S/C25H20FN5O/c1-30-21-10-6-5-9-20(21)24(32)31(16-17-11-13-18(26)14-12-17)22-15-27-25(29-23(22)30)28-19-7-3-2-4-8-19/h2-15H,16H2,1H3,(H,27,28,29). The first kappa shape index (κ1) is 19.7. The molecule has 1 N–H and O–H groups in total. The zero-order chi connectivity index (χ0) is 22.1. The van der Waals surface area contributed by atoms with Crippen molar-refractivity contribution >= 4 is 34.7 Å². The number of carbonyl (C=O) groups excluding carboxylic acids is 1. The van der Waals surface area contributed by atoms with Gasteiger partial charge < -0.3 is 10.2 Å². The van der Waals surface area contributed by atoms with Crippen molar-refractivity contribution in [3.05, 3.63) is 102 Å². The largest absolute Gasteiger partial charge is 0.327 e. The molecule has 158 valence electrons. The van der Waals surface area contributed by atoms with E-state index in [2.05, 4.69) is 10.3 Å². The fourth-order valence-corrected chi connectivity index (χ4v) is 3.76. The van der Waals surface area contributed by atoms with Crippen LogP contribution in [0.4, 0.5) is 33.2 Å². The predicted molar refractivity (Wildman–Crippen MR) is 123 cm³/mol. The Labute approximate surface area is 185 Å². The van der Waals surface area contributed by atoms with E-state index in [0.29, 0.717) is 23.0 Å². The Hall–Kier alpha value is -4.26. The lowest BCUT2D eigenvalue weighted by Gasteiger charge is -2.24. The maximum Gasteiger partial charge on any atom is 0.260 e. The predicted octanol–water partition coefficient (Wildman–Crippen LogP) is 5.29. The fourth-order valence-electron chi connectivity index (χ4n) is 3.76. The van der Waals surface area contributed by atoms with Gasteiger partial charge in [-0.1, -0.05) is 42.5 Å². The van der Waals surface area contributed by atoms with E-state index in [9.17, 15) is 9.18 Å². The zero-order valence-corrected chi connectivity index (χ0v) is 17.4. The van der Waals surface area contributed by atoms with Gasteiger partial charge in [0, 0.05) is 12.7 Å². The third-order valence-electron chi connectivity index (χ3n) is 5.38. The molecule has 0 spiro atoms. The average Bonchev–Trinajstić information content (AvgIpc) is 2.91. The summed E-state index contributed by atoms with van der Waals surface area (Å²) in [6.07, 6.45) is 1.65. The summed E-state index contributed by atoms with van der Waals surface area (Å²) in [6, 6.07) is 23.2. The lowest BCUT2D eigenvalue weighted by molar-refractivity contribution is 0.0986. The van der Waals surface area contributed by atoms with Crippen LogP contribution in [0.2, 0.25) is 0 Å². The van der Waals surface area contributed by atoms with Gasteiger partial charge in [-0.2, -0.15) is 4.98 Å². The van der Waals surface area contributed by atoms with Gasteiger partial charge in [0.25, 0.3) is 5.91 Å². The van der Waals surface area contributed by atoms with Crippen LogP contribution in [0.15, 0.2) is 85.1 Å². The molecule has 1 aliphatic rings. The Morgan fingerprint density at radius 3 is 2.41 bits per heavy atom. The number of hydrogen-bond donors (Lipinski definition) is 1. The molecular weight excluding hydrogens is 405 g/mol. The quantitative estimate of drug-likeness (QED) is 0.482. The Kier molecular flexibility index (Phi) is 4.99. The van der Waals surface area contributed by atoms with Crippen LogP contribution < -0.4 is 15.1 Å². The van der Waals surface area contributed by atoms with Gasteiger partial charge in [-0.3, -0.25) is 9.69 Å². The molecule has 0 saturated carbocycles. The molecule has 1 amide bonds. The number of para-hydroxylation sites is 2. The van der Waals surface area contributed by atoms with Gasteiger partial charge in [-0.15, -0.1) is 0 Å². The molecule has 1 aliphatic heterocycles. The van der Waals surface area contributed by atoms with Gasteiger partial charge in [0.15, 0.2) is 5.82 Å². The second-order valence-corrected chi connectivity index (χ2v) is 7.49. The van der Waals surface area contributed by atoms with Gasteiger partial charge in [-0.05, 0) is 42.0 Å². The van der Waals surface area contributed by atoms with Crippen molar-refractivity contribution in [2.75, 3.05) is 22.2 Å². The van der Waals surface area contributed by atoms with Crippen LogP contribution in [0, 0.1) is 5.82 Å². The molecule has 0 atom stereocenters. The van der Waals surface area contributed by atoms with E-state index < -0.39 is 0 Å². The summed E-state index contributed by atoms with van der Waals surface area (Å²) in [7, 11) is 1.88. The van der Waals surface area contributed by atoms with Crippen molar-refractivity contribution in [1.29, 1.82) is 0 Å². The second kappa shape index (κ2) is 8.11. The Morgan fingerprint density at radius 2 is 1.62 bits per heavy atom. The number of rotatable bonds is 4. The van der Waals surface area contributed by atoms with Crippen molar-refractivity contribution < 1.29 is 9.18 Å². The minimum atomic E-state index is -0.318. The number of amides is 1. The number of aromatic nitrogens is 2. The lowest BCUT2D eigenvalue weighted by Crippen LogP contribution is -2.30. The highest BCUT2D eigenvalue weighted by Gasteiger charge is 2.31. The van der Waals surface area contributed by atoms with Crippen molar-refractivity contribution in [2.24, 2.45) is 0 Å². The van der Waals surface area contributed by atoms with Crippen LogP contribution in [0.1, 0.15) is 15.9 Å². The third-order valence-corrected chi connectivity index (χ3v) is 5.38. The number of nitrogens with one attached hydrogen (secondary N) is 1. The Balaban J connectivity index is 1.61. The van der Waals surface area contributed by atoms with Crippen LogP contribution in [0.25, 0.3) is 0 Å². The molecule has 5 rings (SSSR count). The van der Waals surface area contributed by atoms with Gasteiger partial charge in [0.2, 0.25) is 5.95 Å². The molecule has 7 heteroatoms. The number of halogens is 1. The number of fused-ring (bicyclic) bond motifs is 2. The Morgan fingerprint density at radius 1 is 0.906 bits per heavy atom. The van der Waals surface area contributed by atoms with Gasteiger partial charge in [0.1, 0.15) is 11.5 Å². The highest BCUT2D eigenvalue weighted by atomic mass is 19.1. The van der Waals surface area contributed by atoms with Gasteiger partial charge >= 0.3 is 0 Å². The lowest BCUT2D eigenvalue weighted by atomic mass is 10.1. The van der Waals surface area contributed by atoms with E-state index in [1.54, 1.807) is 29.3 Å². The number of carbonyl (C=O) groups is 1. The average molecular weight is 425 g/mol. The summed E-state index contributed by atoms with van der Waals surface area (Å²) < 4.78 is 13.4. The molecule has 0 bridgehead atoms. The van der Waals surface area contributed by atoms with E-state index >= 15 is 0 Å². The number of hydrogen-bond acceptors (Lipinski definition) is 5. The number of nitrogens with zero attached hydrogens (tertiary/aromatic N) is 4. The zero-order valence-electron chi connectivity index (χ0n) is 17.4. The Bertz CT molecular complexity index is 1280. The first-order valence-electron chi connectivity index (χ1n) is 10.2. The fraction of sp³-hybridized carbons (Fsp3) is 0.0800. The summed E-state index contributed by atoms with van der Waals surface area (Å²) in [6.45, 7) is 0.267. The molecule has 1 aromatic heterocycles. The van der Waals surface area contributed by atoms with Crippen molar-refractivity contribution in [3.8, 4) is 0 Å². The topological polar surface area (TPSA) is 61.4 Å². The van der Waals surface area contributed by atoms with Crippen LogP contribution in [0.5, 0.6) is 0 Å². The molecule has 2 heterocycles. The summed E-state index contributed by atoms with van der Waals surface area (Å²) in [5, 5.41) is 3.21. The van der Waals surface area contributed by atoms with Crippen molar-refractivity contribution in [2.45, 2.75) is 6.54 Å². The molecule has 0 fully saturated rings. The summed E-state index contributed by atoms with van der Waals surface area (Å²) in [4.78, 5) is 26.3. The van der Waals surface area contributed by atoms with E-state index in [4.69, 9.17) is 4.98 Å². The maximum atomic E-state index is 13.5. The molecule has 3 aromatic carbocycles. The second-order valence-electron chi connectivity index (χ2n) is 7.49. The minimum absolute atomic E-state index is 0.164. The SMILES string of the molecule is CN1c2ccccc2C(=O)N(Cc2ccc(F)cc2)c2cnc(Nc3ccccc3)nc21. The molecule has 0 aliphatic carbocycles. The first-order chi connectivity index (χ1) is 15.6. The summed E-state index contributed by atoms with van der Waals surface area (Å²) in [5.41, 5.74) is 3.57. The van der Waals surface area contributed by atoms with Crippen LogP contribution in [-0.2, 0) is 6.54 Å². The number of anilines is 5. The number of benzene rings is 3. The summed E-state index contributed by atoms with van der Waals surface area (Å²) >= 11 is 0. The first-order valence-corrected chi connectivity index (χ1v) is 10.2. The maximum absolute atomic E-state index is 13.5. The van der Waals surface area contributed by atoms with E-state index in [1.165, 1.54) is 12.1 Å². The van der Waals surface area contributed by atoms with Crippen molar-refractivity contribution in [1.82, 2.24) is 9.97 Å². The normalized spacial score (nSPS) is 12.8. The van der Waals surface area contributed by atoms with Crippen molar-refractivity contribution in [3.63, 3.8) is 0 Å². The van der Waals surface area contributed by atoms with Crippen LogP contribution in [-0.4, -0.2) is 22.9 Å². The smallest absolute Gasteiger partial charge is 0.260 e. The molecule has 0 saturated heterocycles. The molecule has 0 unspecified atom stereocenters. The molecule has 0 radical (unpaired) electrons. The summed E-state index contributed by atoms with van der Waals surface area (Å²) in [5.74, 6) is 0.540. The van der Waals surface area contributed by atoms with E-state index in [1.807, 2.05) is 60.5 Å². The third kappa shape index (κ3) is 3.65. The van der Waals surface area contributed by atoms with Crippen LogP contribution >= 0.6 is 0 Å². The van der Waals surface area contributed by atoms with Gasteiger partial charge in [0.05, 0.1) is 24.0 Å². The van der Waals surface area contributed by atoms with Crippen LogP contribution in [0.3, 0.4) is 0 Å². The molecule has 4 aromatic rings. The molecular formula is C25H20FN5O. The minimum Gasteiger partial charge on any atom is -0.327 e. The monoisotopic (exact) mass is 425 g/mol.